The third-order valence-corrected chi connectivity index (χ3v) is 10.3. The summed E-state index contributed by atoms with van der Waals surface area (Å²) in [5.74, 6) is -2.43. The normalized spacial score (nSPS) is 11.4. The Balaban J connectivity index is 1.18. The van der Waals surface area contributed by atoms with Crippen molar-refractivity contribution in [2.75, 3.05) is 31.3 Å². The van der Waals surface area contributed by atoms with Crippen molar-refractivity contribution in [1.29, 1.82) is 0 Å². The zero-order valence-electron chi connectivity index (χ0n) is 37.6. The minimum atomic E-state index is -0.619. The van der Waals surface area contributed by atoms with Gasteiger partial charge in [0.1, 0.15) is 50.7 Å². The molecular weight excluding hydrogens is 855 g/mol. The van der Waals surface area contributed by atoms with Crippen LogP contribution in [0.3, 0.4) is 0 Å². The average Bonchev–Trinajstić information content (AvgIpc) is 3.35. The summed E-state index contributed by atoms with van der Waals surface area (Å²) in [6.45, 7) is 13.9. The van der Waals surface area contributed by atoms with Gasteiger partial charge in [-0.3, -0.25) is 24.0 Å². The lowest BCUT2D eigenvalue weighted by Gasteiger charge is -2.26. The fraction of sp³-hybridized carbons (Fsp3) is 0.222. The molecule has 346 valence electrons. The molecule has 0 bridgehead atoms. The Kier molecular flexibility index (Phi) is 19.0. The first kappa shape index (κ1) is 49.9. The molecular formula is C54H53NO12. The van der Waals surface area contributed by atoms with Crippen LogP contribution in [0.15, 0.2) is 159 Å². The van der Waals surface area contributed by atoms with E-state index in [0.717, 1.165) is 62.8 Å². The van der Waals surface area contributed by atoms with Gasteiger partial charge in [0.15, 0.2) is 0 Å². The van der Waals surface area contributed by atoms with Gasteiger partial charge in [0.25, 0.3) is 0 Å². The largest absolute Gasteiger partial charge is 0.491 e. The number of carbonyl (C=O) groups is 6. The number of nitrogens with zero attached hydrogens (tertiary/aromatic N) is 1. The van der Waals surface area contributed by atoms with E-state index >= 15 is 0 Å². The molecule has 0 fully saturated rings. The molecule has 5 rings (SSSR count). The Morgan fingerprint density at radius 1 is 0.478 bits per heavy atom. The molecule has 0 radical (unpaired) electrons. The monoisotopic (exact) mass is 907 g/mol. The van der Waals surface area contributed by atoms with Crippen LogP contribution in [0.5, 0.6) is 0 Å². The maximum atomic E-state index is 12.5. The Labute approximate surface area is 390 Å². The van der Waals surface area contributed by atoms with Gasteiger partial charge in [-0.15, -0.1) is 0 Å². The van der Waals surface area contributed by atoms with Gasteiger partial charge in [-0.1, -0.05) is 92.5 Å². The maximum Gasteiger partial charge on any atom is 0.330 e. The SMILES string of the molecule is C=CC(=C)OCCOC(=O)CCC(=O)OC(C)c1ccc(-c2ccc(N(c3ccc(C=O)cc3)c3ccc(-c4ccc(C(C)OC(=O)CCC(=O)OCCOC(=O)C=C)cc4)cc3)cc2)cc1. The molecule has 0 heterocycles. The van der Waals surface area contributed by atoms with Gasteiger partial charge in [-0.25, -0.2) is 4.79 Å². The second-order valence-electron chi connectivity index (χ2n) is 15.0. The smallest absolute Gasteiger partial charge is 0.330 e. The van der Waals surface area contributed by atoms with Crippen molar-refractivity contribution in [3.63, 3.8) is 0 Å². The van der Waals surface area contributed by atoms with Gasteiger partial charge in [0, 0.05) is 28.7 Å². The second kappa shape index (κ2) is 25.4. The van der Waals surface area contributed by atoms with Gasteiger partial charge < -0.3 is 33.3 Å². The van der Waals surface area contributed by atoms with Crippen LogP contribution in [0.25, 0.3) is 22.3 Å². The number of hydrogen-bond donors (Lipinski definition) is 0. The summed E-state index contributed by atoms with van der Waals surface area (Å²) in [6, 6.07) is 38.9. The van der Waals surface area contributed by atoms with E-state index in [9.17, 15) is 28.8 Å². The Morgan fingerprint density at radius 2 is 0.821 bits per heavy atom. The molecule has 0 N–H and O–H groups in total. The van der Waals surface area contributed by atoms with Crippen molar-refractivity contribution >= 4 is 53.2 Å². The molecule has 0 amide bonds. The number of carbonyl (C=O) groups excluding carboxylic acids is 6. The highest BCUT2D eigenvalue weighted by Crippen LogP contribution is 2.37. The zero-order valence-corrected chi connectivity index (χ0v) is 37.6. The molecule has 13 nitrogen and oxygen atoms in total. The number of aldehydes is 1. The topological polar surface area (TPSA) is 161 Å². The molecule has 0 aliphatic rings. The molecule has 67 heavy (non-hydrogen) atoms. The molecule has 0 saturated carbocycles. The first-order valence-electron chi connectivity index (χ1n) is 21.6. The van der Waals surface area contributed by atoms with E-state index in [1.54, 1.807) is 26.0 Å². The lowest BCUT2D eigenvalue weighted by molar-refractivity contribution is -0.154. The minimum Gasteiger partial charge on any atom is -0.491 e. The molecule has 0 saturated heterocycles. The Morgan fingerprint density at radius 3 is 1.19 bits per heavy atom. The van der Waals surface area contributed by atoms with E-state index in [4.69, 9.17) is 28.4 Å². The lowest BCUT2D eigenvalue weighted by atomic mass is 10.0. The van der Waals surface area contributed by atoms with Crippen LogP contribution < -0.4 is 4.90 Å². The highest BCUT2D eigenvalue weighted by molar-refractivity contribution is 5.83. The predicted molar refractivity (Wildman–Crippen MR) is 253 cm³/mol. The van der Waals surface area contributed by atoms with Gasteiger partial charge in [0.2, 0.25) is 0 Å². The quantitative estimate of drug-likeness (QED) is 0.0104. The average molecular weight is 908 g/mol. The van der Waals surface area contributed by atoms with Gasteiger partial charge >= 0.3 is 29.8 Å². The van der Waals surface area contributed by atoms with Crippen LogP contribution in [-0.4, -0.2) is 62.6 Å². The third-order valence-electron chi connectivity index (χ3n) is 10.3. The summed E-state index contributed by atoms with van der Waals surface area (Å²) < 4.78 is 31.1. The van der Waals surface area contributed by atoms with E-state index in [2.05, 4.69) is 24.6 Å². The number of ether oxygens (including phenoxy) is 6. The lowest BCUT2D eigenvalue weighted by Crippen LogP contribution is -2.15. The summed E-state index contributed by atoms with van der Waals surface area (Å²) in [6.07, 6.45) is 1.64. The maximum absolute atomic E-state index is 12.5. The van der Waals surface area contributed by atoms with Crippen LogP contribution >= 0.6 is 0 Å². The standard InChI is InChI=1S/C54H53NO12/c1-6-37(3)62-32-33-64-51(58)28-30-53(60)66-38(4)41-10-14-43(15-11-41)45-18-24-48(25-19-45)55(47-22-8-40(36-56)9-23-47)49-26-20-46(21-27-49)44-16-12-42(13-17-44)39(5)67-54(61)31-29-52(59)65-35-34-63-50(57)7-2/h6-27,36,38-39H,1-3,28-35H2,4-5H3. The summed E-state index contributed by atoms with van der Waals surface area (Å²) in [7, 11) is 0. The van der Waals surface area contributed by atoms with Crippen LogP contribution in [0.2, 0.25) is 0 Å². The fourth-order valence-electron chi connectivity index (χ4n) is 6.59. The first-order valence-corrected chi connectivity index (χ1v) is 21.6. The molecule has 2 unspecified atom stereocenters. The first-order chi connectivity index (χ1) is 32.4. The van der Waals surface area contributed by atoms with E-state index in [0.29, 0.717) is 11.3 Å². The van der Waals surface area contributed by atoms with Crippen molar-refractivity contribution in [3.8, 4) is 22.3 Å². The third kappa shape index (κ3) is 15.6. The van der Waals surface area contributed by atoms with Gasteiger partial charge in [-0.2, -0.15) is 0 Å². The van der Waals surface area contributed by atoms with Crippen LogP contribution in [0.1, 0.15) is 73.2 Å². The fourth-order valence-corrected chi connectivity index (χ4v) is 6.59. The van der Waals surface area contributed by atoms with E-state index in [-0.39, 0.29) is 52.1 Å². The minimum absolute atomic E-state index is 0.0352. The molecule has 0 spiro atoms. The van der Waals surface area contributed by atoms with Gasteiger partial charge in [0.05, 0.1) is 25.7 Å². The molecule has 5 aromatic rings. The van der Waals surface area contributed by atoms with E-state index in [1.807, 2.05) is 109 Å². The predicted octanol–water partition coefficient (Wildman–Crippen LogP) is 10.6. The molecule has 0 aromatic heterocycles. The van der Waals surface area contributed by atoms with Crippen molar-refractivity contribution in [1.82, 2.24) is 0 Å². The zero-order chi connectivity index (χ0) is 48.1. The number of esters is 5. The van der Waals surface area contributed by atoms with Gasteiger partial charge in [-0.05, 0) is 102 Å². The summed E-state index contributed by atoms with van der Waals surface area (Å²) >= 11 is 0. The second-order valence-corrected chi connectivity index (χ2v) is 15.0. The van der Waals surface area contributed by atoms with E-state index < -0.39 is 42.1 Å². The number of rotatable bonds is 25. The summed E-state index contributed by atoms with van der Waals surface area (Å²) in [5, 5.41) is 0. The van der Waals surface area contributed by atoms with Crippen LogP contribution in [0, 0.1) is 0 Å². The van der Waals surface area contributed by atoms with Crippen molar-refractivity contribution in [3.05, 3.63) is 176 Å². The van der Waals surface area contributed by atoms with Crippen molar-refractivity contribution in [2.24, 2.45) is 0 Å². The molecule has 13 heteroatoms. The molecule has 2 atom stereocenters. The number of allylic oxidation sites excluding steroid dienone is 1. The molecule has 5 aromatic carbocycles. The van der Waals surface area contributed by atoms with Crippen molar-refractivity contribution < 1.29 is 57.2 Å². The molecule has 0 aliphatic carbocycles. The summed E-state index contributed by atoms with van der Waals surface area (Å²) in [4.78, 5) is 73.6. The van der Waals surface area contributed by atoms with Crippen LogP contribution in [-0.2, 0) is 52.4 Å². The summed E-state index contributed by atoms with van der Waals surface area (Å²) in [5.41, 5.74) is 8.62. The highest BCUT2D eigenvalue weighted by atomic mass is 16.6. The highest BCUT2D eigenvalue weighted by Gasteiger charge is 2.18. The number of benzene rings is 5. The number of hydrogen-bond acceptors (Lipinski definition) is 13. The Bertz CT molecular complexity index is 2340. The van der Waals surface area contributed by atoms with Crippen LogP contribution in [0.4, 0.5) is 17.1 Å². The van der Waals surface area contributed by atoms with Crippen molar-refractivity contribution in [2.45, 2.75) is 51.7 Å². The number of anilines is 3. The molecule has 0 aliphatic heterocycles. The van der Waals surface area contributed by atoms with E-state index in [1.165, 1.54) is 6.08 Å². The Hall–Kier alpha value is -8.06.